The first kappa shape index (κ1) is 12.1. The molecule has 2 aromatic rings. The topological polar surface area (TPSA) is 29.0 Å². The highest BCUT2D eigenvalue weighted by Crippen LogP contribution is 2.29. The van der Waals surface area contributed by atoms with Crippen molar-refractivity contribution in [1.29, 1.82) is 0 Å². The van der Waals surface area contributed by atoms with Gasteiger partial charge in [0.1, 0.15) is 5.82 Å². The fourth-order valence-corrected chi connectivity index (χ4v) is 2.54. The van der Waals surface area contributed by atoms with Gasteiger partial charge in [0.25, 0.3) is 0 Å². The Morgan fingerprint density at radius 3 is 2.74 bits per heavy atom. The minimum atomic E-state index is -0.180. The van der Waals surface area contributed by atoms with Gasteiger partial charge >= 0.3 is 0 Å². The van der Waals surface area contributed by atoms with Crippen LogP contribution in [0.15, 0.2) is 36.5 Å². The average molecular weight is 257 g/mol. The van der Waals surface area contributed by atoms with Gasteiger partial charge in [0, 0.05) is 30.9 Å². The standard InChI is InChI=1S/C15H16FN3/c1-11-6-8-17-15(18-11)19-9-7-13(10-19)12-2-4-14(16)5-3-12/h2-6,8,13H,7,9-10H2,1H3. The summed E-state index contributed by atoms with van der Waals surface area (Å²) in [6.07, 6.45) is 2.85. The molecule has 0 N–H and O–H groups in total. The average Bonchev–Trinajstić information content (AvgIpc) is 2.89. The molecule has 3 nitrogen and oxygen atoms in total. The number of aromatic nitrogens is 2. The van der Waals surface area contributed by atoms with E-state index in [0.717, 1.165) is 31.2 Å². The van der Waals surface area contributed by atoms with Crippen molar-refractivity contribution >= 4 is 5.95 Å². The van der Waals surface area contributed by atoms with Crippen LogP contribution in [0.1, 0.15) is 23.6 Å². The molecule has 0 bridgehead atoms. The van der Waals surface area contributed by atoms with Gasteiger partial charge in [0.05, 0.1) is 0 Å². The number of rotatable bonds is 2. The molecule has 1 aliphatic rings. The van der Waals surface area contributed by atoms with E-state index < -0.39 is 0 Å². The van der Waals surface area contributed by atoms with E-state index in [1.54, 1.807) is 6.20 Å². The first-order chi connectivity index (χ1) is 9.22. The molecule has 0 amide bonds. The van der Waals surface area contributed by atoms with Crippen molar-refractivity contribution in [3.8, 4) is 0 Å². The second kappa shape index (κ2) is 4.96. The first-order valence-electron chi connectivity index (χ1n) is 6.52. The summed E-state index contributed by atoms with van der Waals surface area (Å²) in [5.74, 6) is 1.05. The van der Waals surface area contributed by atoms with Gasteiger partial charge in [0.15, 0.2) is 0 Å². The molecule has 1 aromatic heterocycles. The smallest absolute Gasteiger partial charge is 0.225 e. The Hall–Kier alpha value is -1.97. The summed E-state index contributed by atoms with van der Waals surface area (Å²) in [7, 11) is 0. The Morgan fingerprint density at radius 2 is 2.00 bits per heavy atom. The van der Waals surface area contributed by atoms with Gasteiger partial charge in [0.2, 0.25) is 5.95 Å². The highest BCUT2D eigenvalue weighted by Gasteiger charge is 2.25. The highest BCUT2D eigenvalue weighted by atomic mass is 19.1. The molecule has 4 heteroatoms. The molecule has 1 aromatic carbocycles. The molecule has 0 spiro atoms. The quantitative estimate of drug-likeness (QED) is 0.828. The van der Waals surface area contributed by atoms with E-state index in [-0.39, 0.29) is 5.82 Å². The van der Waals surface area contributed by atoms with Crippen LogP contribution in [0, 0.1) is 12.7 Å². The lowest BCUT2D eigenvalue weighted by atomic mass is 9.99. The Kier molecular flexibility index (Phi) is 3.15. The Balaban J connectivity index is 1.75. The minimum Gasteiger partial charge on any atom is -0.340 e. The molecule has 3 rings (SSSR count). The maximum atomic E-state index is 12.9. The summed E-state index contributed by atoms with van der Waals surface area (Å²) >= 11 is 0. The number of hydrogen-bond acceptors (Lipinski definition) is 3. The van der Waals surface area contributed by atoms with Gasteiger partial charge in [-0.05, 0) is 37.1 Å². The van der Waals surface area contributed by atoms with Crippen LogP contribution in [0.3, 0.4) is 0 Å². The molecule has 1 fully saturated rings. The molecule has 1 atom stereocenters. The minimum absolute atomic E-state index is 0.180. The zero-order valence-electron chi connectivity index (χ0n) is 10.9. The number of aryl methyl sites for hydroxylation is 1. The van der Waals surface area contributed by atoms with Crippen LogP contribution in [0.5, 0.6) is 0 Å². The lowest BCUT2D eigenvalue weighted by Crippen LogP contribution is -2.21. The van der Waals surface area contributed by atoms with Crippen LogP contribution in [0.2, 0.25) is 0 Å². The van der Waals surface area contributed by atoms with Gasteiger partial charge in [-0.2, -0.15) is 0 Å². The van der Waals surface area contributed by atoms with Crippen molar-refractivity contribution in [2.24, 2.45) is 0 Å². The number of halogens is 1. The second-order valence-corrected chi connectivity index (χ2v) is 4.98. The van der Waals surface area contributed by atoms with Crippen LogP contribution in [0.25, 0.3) is 0 Å². The summed E-state index contributed by atoms with van der Waals surface area (Å²) in [6.45, 7) is 3.82. The third-order valence-corrected chi connectivity index (χ3v) is 3.59. The fraction of sp³-hybridized carbons (Fsp3) is 0.333. The highest BCUT2D eigenvalue weighted by molar-refractivity contribution is 5.35. The predicted molar refractivity (Wildman–Crippen MR) is 72.7 cm³/mol. The lowest BCUT2D eigenvalue weighted by molar-refractivity contribution is 0.625. The maximum Gasteiger partial charge on any atom is 0.225 e. The molecular formula is C15H16FN3. The van der Waals surface area contributed by atoms with Crippen LogP contribution < -0.4 is 4.90 Å². The van der Waals surface area contributed by atoms with Gasteiger partial charge < -0.3 is 4.90 Å². The van der Waals surface area contributed by atoms with Crippen molar-refractivity contribution in [2.45, 2.75) is 19.3 Å². The molecule has 0 saturated carbocycles. The van der Waals surface area contributed by atoms with Gasteiger partial charge in [-0.15, -0.1) is 0 Å². The predicted octanol–water partition coefficient (Wildman–Crippen LogP) is 2.92. The second-order valence-electron chi connectivity index (χ2n) is 4.98. The molecule has 98 valence electrons. The van der Waals surface area contributed by atoms with E-state index in [1.165, 1.54) is 17.7 Å². The van der Waals surface area contributed by atoms with Gasteiger partial charge in [-0.25, -0.2) is 14.4 Å². The fourth-order valence-electron chi connectivity index (χ4n) is 2.54. The molecule has 19 heavy (non-hydrogen) atoms. The summed E-state index contributed by atoms with van der Waals surface area (Å²) < 4.78 is 12.9. The van der Waals surface area contributed by atoms with Gasteiger partial charge in [-0.3, -0.25) is 0 Å². The molecule has 2 heterocycles. The van der Waals surface area contributed by atoms with Crippen LogP contribution in [0.4, 0.5) is 10.3 Å². The van der Waals surface area contributed by atoms with E-state index in [1.807, 2.05) is 25.1 Å². The van der Waals surface area contributed by atoms with Crippen LogP contribution in [-0.2, 0) is 0 Å². The molecule has 1 saturated heterocycles. The van der Waals surface area contributed by atoms with Crippen molar-refractivity contribution in [1.82, 2.24) is 9.97 Å². The summed E-state index contributed by atoms with van der Waals surface area (Å²) in [5.41, 5.74) is 2.17. The van der Waals surface area contributed by atoms with Crippen LogP contribution >= 0.6 is 0 Å². The molecule has 0 aliphatic carbocycles. The molecular weight excluding hydrogens is 241 g/mol. The third-order valence-electron chi connectivity index (χ3n) is 3.59. The van der Waals surface area contributed by atoms with Crippen molar-refractivity contribution in [3.63, 3.8) is 0 Å². The monoisotopic (exact) mass is 257 g/mol. The van der Waals surface area contributed by atoms with Crippen LogP contribution in [-0.4, -0.2) is 23.1 Å². The summed E-state index contributed by atoms with van der Waals surface area (Å²) in [6, 6.07) is 8.71. The van der Waals surface area contributed by atoms with Crippen molar-refractivity contribution in [2.75, 3.05) is 18.0 Å². The van der Waals surface area contributed by atoms with E-state index in [4.69, 9.17) is 0 Å². The first-order valence-corrected chi connectivity index (χ1v) is 6.52. The number of anilines is 1. The van der Waals surface area contributed by atoms with Crippen molar-refractivity contribution < 1.29 is 4.39 Å². The Bertz CT molecular complexity index is 568. The van der Waals surface area contributed by atoms with Crippen molar-refractivity contribution in [3.05, 3.63) is 53.6 Å². The number of nitrogens with zero attached hydrogens (tertiary/aromatic N) is 3. The zero-order chi connectivity index (χ0) is 13.2. The maximum absolute atomic E-state index is 12.9. The van der Waals surface area contributed by atoms with E-state index in [2.05, 4.69) is 14.9 Å². The molecule has 1 aliphatic heterocycles. The zero-order valence-corrected chi connectivity index (χ0v) is 10.9. The molecule has 0 radical (unpaired) electrons. The largest absolute Gasteiger partial charge is 0.340 e. The normalized spacial score (nSPS) is 18.8. The summed E-state index contributed by atoms with van der Waals surface area (Å²) in [5, 5.41) is 0. The number of benzene rings is 1. The Morgan fingerprint density at radius 1 is 1.21 bits per heavy atom. The summed E-state index contributed by atoms with van der Waals surface area (Å²) in [4.78, 5) is 11.0. The molecule has 1 unspecified atom stereocenters. The third kappa shape index (κ3) is 2.57. The van der Waals surface area contributed by atoms with E-state index in [9.17, 15) is 4.39 Å². The van der Waals surface area contributed by atoms with E-state index in [0.29, 0.717) is 5.92 Å². The van der Waals surface area contributed by atoms with Gasteiger partial charge in [-0.1, -0.05) is 12.1 Å². The van der Waals surface area contributed by atoms with E-state index >= 15 is 0 Å². The Labute approximate surface area is 112 Å². The SMILES string of the molecule is Cc1ccnc(N2CCC(c3ccc(F)cc3)C2)n1. The lowest BCUT2D eigenvalue weighted by Gasteiger charge is -2.16. The number of hydrogen-bond donors (Lipinski definition) is 0.